The van der Waals surface area contributed by atoms with E-state index in [1.807, 2.05) is 0 Å². The van der Waals surface area contributed by atoms with E-state index in [0.29, 0.717) is 41.7 Å². The second kappa shape index (κ2) is 9.43. The van der Waals surface area contributed by atoms with Crippen LogP contribution in [0.1, 0.15) is 16.8 Å². The number of nitrogens with zero attached hydrogens (tertiary/aromatic N) is 4. The Hall–Kier alpha value is -4.45. The third kappa shape index (κ3) is 5.06. The van der Waals surface area contributed by atoms with Crippen molar-refractivity contribution in [2.24, 2.45) is 0 Å². The van der Waals surface area contributed by atoms with Crippen molar-refractivity contribution in [3.63, 3.8) is 0 Å². The number of benzene rings is 3. The van der Waals surface area contributed by atoms with Gasteiger partial charge in [-0.25, -0.2) is 13.1 Å². The van der Waals surface area contributed by atoms with Crippen LogP contribution in [0.4, 0.5) is 11.4 Å². The van der Waals surface area contributed by atoms with Gasteiger partial charge >= 0.3 is 0 Å². The van der Waals surface area contributed by atoms with E-state index in [0.717, 1.165) is 12.1 Å². The van der Waals surface area contributed by atoms with Crippen molar-refractivity contribution in [2.45, 2.75) is 11.3 Å². The summed E-state index contributed by atoms with van der Waals surface area (Å²) in [6.45, 7) is 0.972. The molecule has 0 saturated carbocycles. The maximum absolute atomic E-state index is 12.8. The van der Waals surface area contributed by atoms with E-state index in [1.165, 1.54) is 47.4 Å². The molecule has 1 amide bonds. The molecule has 1 aliphatic heterocycles. The molecule has 178 valence electrons. The average molecular weight is 493 g/mol. The zero-order chi connectivity index (χ0) is 24.3. The van der Waals surface area contributed by atoms with Gasteiger partial charge in [-0.15, -0.1) is 5.10 Å². The molecule has 0 fully saturated rings. The highest BCUT2D eigenvalue weighted by Crippen LogP contribution is 2.32. The Balaban J connectivity index is 1.24. The van der Waals surface area contributed by atoms with Gasteiger partial charge in [-0.1, -0.05) is 0 Å². The summed E-state index contributed by atoms with van der Waals surface area (Å²) >= 11 is 0. The van der Waals surface area contributed by atoms with Crippen LogP contribution in [0, 0.1) is 0 Å². The van der Waals surface area contributed by atoms with Gasteiger partial charge < -0.3 is 14.8 Å². The van der Waals surface area contributed by atoms with E-state index >= 15 is 0 Å². The lowest BCUT2D eigenvalue weighted by atomic mass is 10.2. The summed E-state index contributed by atoms with van der Waals surface area (Å²) in [5, 5.41) is 13.8. The molecule has 1 aliphatic rings. The topological polar surface area (TPSA) is 137 Å². The Morgan fingerprint density at radius 1 is 0.886 bits per heavy atom. The number of ether oxygens (including phenoxy) is 2. The number of carbonyl (C=O) groups is 1. The summed E-state index contributed by atoms with van der Waals surface area (Å²) < 4.78 is 40.8. The van der Waals surface area contributed by atoms with Crippen molar-refractivity contribution >= 4 is 27.3 Å². The highest BCUT2D eigenvalue weighted by Gasteiger charge is 2.19. The lowest BCUT2D eigenvalue weighted by Gasteiger charge is -2.12. The van der Waals surface area contributed by atoms with E-state index in [-0.39, 0.29) is 10.8 Å². The number of carbonyl (C=O) groups excluding carboxylic acids is 1. The smallest absolute Gasteiger partial charge is 0.262 e. The van der Waals surface area contributed by atoms with Crippen molar-refractivity contribution in [3.8, 4) is 17.2 Å². The van der Waals surface area contributed by atoms with Crippen molar-refractivity contribution in [1.29, 1.82) is 0 Å². The van der Waals surface area contributed by atoms with Crippen LogP contribution in [0.15, 0.2) is 78.0 Å². The minimum Gasteiger partial charge on any atom is -0.490 e. The molecule has 12 heteroatoms. The average Bonchev–Trinajstić information content (AvgIpc) is 3.30. The normalized spacial score (nSPS) is 13.0. The lowest BCUT2D eigenvalue weighted by Crippen LogP contribution is -2.14. The van der Waals surface area contributed by atoms with Gasteiger partial charge in [0.1, 0.15) is 6.33 Å². The Morgan fingerprint density at radius 2 is 1.60 bits per heavy atom. The van der Waals surface area contributed by atoms with Crippen molar-refractivity contribution < 1.29 is 22.7 Å². The standard InChI is InChI=1S/C23H20N6O5S/c30-23(25-17-6-8-19(9-7-17)29-15-24-27-28-29)16-2-4-18(5-3-16)26-35(31,32)20-10-11-21-22(14-20)34-13-1-12-33-21/h2-11,14-15,26H,1,12-13H2,(H,25,30). The monoisotopic (exact) mass is 492 g/mol. The first-order chi connectivity index (χ1) is 17.0. The fourth-order valence-corrected chi connectivity index (χ4v) is 4.47. The number of aromatic nitrogens is 4. The summed E-state index contributed by atoms with van der Waals surface area (Å²) in [6, 6.07) is 17.6. The predicted octanol–water partition coefficient (Wildman–Crippen LogP) is 2.88. The van der Waals surface area contributed by atoms with E-state index in [1.54, 1.807) is 30.3 Å². The van der Waals surface area contributed by atoms with Crippen LogP contribution in [0.5, 0.6) is 11.5 Å². The van der Waals surface area contributed by atoms with E-state index < -0.39 is 10.0 Å². The van der Waals surface area contributed by atoms with Crippen molar-refractivity contribution in [3.05, 3.63) is 78.6 Å². The van der Waals surface area contributed by atoms with E-state index in [4.69, 9.17) is 9.47 Å². The molecule has 4 aromatic rings. The first kappa shape index (κ1) is 22.3. The molecule has 5 rings (SSSR count). The molecule has 0 unspecified atom stereocenters. The third-order valence-corrected chi connectivity index (χ3v) is 6.55. The Morgan fingerprint density at radius 3 is 2.31 bits per heavy atom. The summed E-state index contributed by atoms with van der Waals surface area (Å²) in [5.74, 6) is 0.572. The molecule has 35 heavy (non-hydrogen) atoms. The quantitative estimate of drug-likeness (QED) is 0.419. The molecule has 11 nitrogen and oxygen atoms in total. The molecule has 0 saturated heterocycles. The number of anilines is 2. The molecule has 0 bridgehead atoms. The third-order valence-electron chi connectivity index (χ3n) is 5.17. The van der Waals surface area contributed by atoms with Gasteiger partial charge in [0.25, 0.3) is 15.9 Å². The highest BCUT2D eigenvalue weighted by atomic mass is 32.2. The van der Waals surface area contributed by atoms with Crippen LogP contribution in [0.3, 0.4) is 0 Å². The largest absolute Gasteiger partial charge is 0.490 e. The molecule has 2 heterocycles. The van der Waals surface area contributed by atoms with Gasteiger partial charge in [-0.2, -0.15) is 0 Å². The van der Waals surface area contributed by atoms with Crippen molar-refractivity contribution in [1.82, 2.24) is 20.2 Å². The second-order valence-electron chi connectivity index (χ2n) is 7.60. The van der Waals surface area contributed by atoms with Gasteiger partial charge in [-0.05, 0) is 71.1 Å². The van der Waals surface area contributed by atoms with Gasteiger partial charge in [-0.3, -0.25) is 9.52 Å². The Labute approximate surface area is 200 Å². The summed E-state index contributed by atoms with van der Waals surface area (Å²) in [6.07, 6.45) is 2.19. The number of rotatable bonds is 6. The van der Waals surface area contributed by atoms with Crippen LogP contribution in [-0.2, 0) is 10.0 Å². The number of amides is 1. The van der Waals surface area contributed by atoms with Gasteiger partial charge in [0.15, 0.2) is 11.5 Å². The van der Waals surface area contributed by atoms with E-state index in [2.05, 4.69) is 25.6 Å². The number of hydrogen-bond acceptors (Lipinski definition) is 8. The number of sulfonamides is 1. The first-order valence-electron chi connectivity index (χ1n) is 10.7. The summed E-state index contributed by atoms with van der Waals surface area (Å²) in [7, 11) is -3.87. The zero-order valence-corrected chi connectivity index (χ0v) is 19.1. The van der Waals surface area contributed by atoms with E-state index in [9.17, 15) is 13.2 Å². The van der Waals surface area contributed by atoms with Gasteiger partial charge in [0.2, 0.25) is 0 Å². The highest BCUT2D eigenvalue weighted by molar-refractivity contribution is 7.92. The Kier molecular flexibility index (Phi) is 6.02. The maximum Gasteiger partial charge on any atom is 0.262 e. The minimum atomic E-state index is -3.87. The molecule has 2 N–H and O–H groups in total. The maximum atomic E-state index is 12.8. The first-order valence-corrected chi connectivity index (χ1v) is 12.1. The fraction of sp³-hybridized carbons (Fsp3) is 0.130. The molecular weight excluding hydrogens is 472 g/mol. The van der Waals surface area contributed by atoms with Crippen LogP contribution >= 0.6 is 0 Å². The molecule has 0 spiro atoms. The molecular formula is C23H20N6O5S. The van der Waals surface area contributed by atoms with Crippen LogP contribution in [0.2, 0.25) is 0 Å². The Bertz CT molecular complexity index is 1440. The van der Waals surface area contributed by atoms with Crippen LogP contribution in [0.25, 0.3) is 5.69 Å². The minimum absolute atomic E-state index is 0.0497. The van der Waals surface area contributed by atoms with Crippen LogP contribution < -0.4 is 19.5 Å². The number of hydrogen-bond donors (Lipinski definition) is 2. The zero-order valence-electron chi connectivity index (χ0n) is 18.3. The molecule has 1 aromatic heterocycles. The molecule has 0 atom stereocenters. The summed E-state index contributed by atoms with van der Waals surface area (Å²) in [4.78, 5) is 12.6. The number of tetrazole rings is 1. The van der Waals surface area contributed by atoms with Gasteiger partial charge in [0, 0.05) is 29.4 Å². The summed E-state index contributed by atoms with van der Waals surface area (Å²) in [5.41, 5.74) is 2.02. The second-order valence-corrected chi connectivity index (χ2v) is 9.28. The van der Waals surface area contributed by atoms with Crippen LogP contribution in [-0.4, -0.2) is 47.7 Å². The fourth-order valence-electron chi connectivity index (χ4n) is 3.39. The number of fused-ring (bicyclic) bond motifs is 1. The van der Waals surface area contributed by atoms with Crippen molar-refractivity contribution in [2.75, 3.05) is 23.3 Å². The number of nitrogens with one attached hydrogen (secondary N) is 2. The molecule has 0 aliphatic carbocycles. The molecule has 3 aromatic carbocycles. The predicted molar refractivity (Wildman–Crippen MR) is 126 cm³/mol. The van der Waals surface area contributed by atoms with Gasteiger partial charge in [0.05, 0.1) is 23.8 Å². The molecule has 0 radical (unpaired) electrons. The lowest BCUT2D eigenvalue weighted by molar-refractivity contribution is 0.102. The SMILES string of the molecule is O=C(Nc1ccc(-n2cnnn2)cc1)c1ccc(NS(=O)(=O)c2ccc3c(c2)OCCCO3)cc1.